The van der Waals surface area contributed by atoms with Crippen LogP contribution in [-0.2, 0) is 23.0 Å². The second kappa shape index (κ2) is 5.40. The Morgan fingerprint density at radius 3 is 2.94 bits per heavy atom. The molecule has 2 rings (SSSR count). The lowest BCUT2D eigenvalue weighted by atomic mass is 10.2. The van der Waals surface area contributed by atoms with Crippen LogP contribution >= 0.6 is 11.8 Å². The van der Waals surface area contributed by atoms with E-state index in [0.29, 0.717) is 18.0 Å². The van der Waals surface area contributed by atoms with Crippen molar-refractivity contribution < 1.29 is 19.1 Å². The number of aromatic nitrogens is 2. The highest BCUT2D eigenvalue weighted by molar-refractivity contribution is 8.15. The van der Waals surface area contributed by atoms with Crippen LogP contribution < -0.4 is 10.1 Å². The number of nitrogens with zero attached hydrogens (tertiary/aromatic N) is 2. The molecule has 0 spiro atoms. The molecular weight excluding hydrogens is 258 g/mol. The zero-order chi connectivity index (χ0) is 13.1. The molecule has 1 fully saturated rings. The van der Waals surface area contributed by atoms with E-state index in [4.69, 9.17) is 9.47 Å². The van der Waals surface area contributed by atoms with Crippen molar-refractivity contribution >= 4 is 22.9 Å². The highest BCUT2D eigenvalue weighted by atomic mass is 32.2. The minimum atomic E-state index is -0.414. The highest BCUT2D eigenvalue weighted by Gasteiger charge is 2.32. The van der Waals surface area contributed by atoms with Crippen molar-refractivity contribution in [1.82, 2.24) is 15.1 Å². The molecule has 2 amide bonds. The van der Waals surface area contributed by atoms with Gasteiger partial charge in [-0.25, -0.2) is 4.68 Å². The van der Waals surface area contributed by atoms with Crippen LogP contribution in [0.2, 0.25) is 0 Å². The Bertz CT molecular complexity index is 474. The van der Waals surface area contributed by atoms with Gasteiger partial charge in [0.25, 0.3) is 5.24 Å². The van der Waals surface area contributed by atoms with E-state index < -0.39 is 5.25 Å². The van der Waals surface area contributed by atoms with Gasteiger partial charge in [-0.2, -0.15) is 5.10 Å². The molecule has 8 heteroatoms. The smallest absolute Gasteiger partial charge is 0.286 e. The molecule has 98 valence electrons. The van der Waals surface area contributed by atoms with E-state index in [-0.39, 0.29) is 17.9 Å². The Balaban J connectivity index is 2.01. The van der Waals surface area contributed by atoms with Crippen LogP contribution in [0.4, 0.5) is 4.79 Å². The molecule has 1 saturated heterocycles. The van der Waals surface area contributed by atoms with Crippen molar-refractivity contribution in [3.8, 4) is 5.88 Å². The molecule has 18 heavy (non-hydrogen) atoms. The Morgan fingerprint density at radius 1 is 1.56 bits per heavy atom. The van der Waals surface area contributed by atoms with Gasteiger partial charge in [0.1, 0.15) is 0 Å². The fourth-order valence-corrected chi connectivity index (χ4v) is 2.42. The molecule has 1 aliphatic rings. The number of ether oxygens (including phenoxy) is 2. The normalized spacial score (nSPS) is 19.1. The molecule has 0 aliphatic carbocycles. The SMILES string of the molecule is COCOc1cc(CC2SC(=O)NC2=O)nn1C. The van der Waals surface area contributed by atoms with E-state index in [1.807, 2.05) is 0 Å². The fourth-order valence-electron chi connectivity index (χ4n) is 1.58. The Labute approximate surface area is 108 Å². The van der Waals surface area contributed by atoms with Gasteiger partial charge in [0.2, 0.25) is 11.8 Å². The van der Waals surface area contributed by atoms with Gasteiger partial charge in [0.05, 0.1) is 10.9 Å². The number of hydrogen-bond donors (Lipinski definition) is 1. The minimum absolute atomic E-state index is 0.135. The third kappa shape index (κ3) is 2.82. The van der Waals surface area contributed by atoms with Crippen LogP contribution in [0.5, 0.6) is 5.88 Å². The number of carbonyl (C=O) groups excluding carboxylic acids is 2. The monoisotopic (exact) mass is 271 g/mol. The summed E-state index contributed by atoms with van der Waals surface area (Å²) in [5, 5.41) is 5.74. The third-order valence-corrected chi connectivity index (χ3v) is 3.36. The maximum absolute atomic E-state index is 11.4. The topological polar surface area (TPSA) is 82.4 Å². The van der Waals surface area contributed by atoms with E-state index in [0.717, 1.165) is 11.8 Å². The van der Waals surface area contributed by atoms with E-state index >= 15 is 0 Å². The van der Waals surface area contributed by atoms with Gasteiger partial charge >= 0.3 is 0 Å². The fraction of sp³-hybridized carbons (Fsp3) is 0.500. The first-order valence-corrected chi connectivity index (χ1v) is 6.14. The first-order valence-electron chi connectivity index (χ1n) is 5.26. The van der Waals surface area contributed by atoms with Crippen LogP contribution in [0.25, 0.3) is 0 Å². The molecule has 1 aromatic heterocycles. The molecule has 0 radical (unpaired) electrons. The molecular formula is C10H13N3O4S. The van der Waals surface area contributed by atoms with Crippen molar-refractivity contribution in [2.45, 2.75) is 11.7 Å². The lowest BCUT2D eigenvalue weighted by Crippen LogP contribution is -2.25. The van der Waals surface area contributed by atoms with Crippen molar-refractivity contribution in [3.05, 3.63) is 11.8 Å². The number of methoxy groups -OCH3 is 1. The number of amides is 2. The lowest BCUT2D eigenvalue weighted by molar-refractivity contribution is -0.118. The minimum Gasteiger partial charge on any atom is -0.451 e. The van der Waals surface area contributed by atoms with Gasteiger partial charge in [-0.3, -0.25) is 14.9 Å². The molecule has 0 saturated carbocycles. The highest BCUT2D eigenvalue weighted by Crippen LogP contribution is 2.23. The molecule has 7 nitrogen and oxygen atoms in total. The van der Waals surface area contributed by atoms with Crippen LogP contribution in [0.15, 0.2) is 6.07 Å². The van der Waals surface area contributed by atoms with Crippen molar-refractivity contribution in [3.63, 3.8) is 0 Å². The number of imide groups is 1. The first-order chi connectivity index (χ1) is 8.60. The third-order valence-electron chi connectivity index (χ3n) is 2.37. The summed E-state index contributed by atoms with van der Waals surface area (Å²) in [4.78, 5) is 22.4. The largest absolute Gasteiger partial charge is 0.451 e. The summed E-state index contributed by atoms with van der Waals surface area (Å²) in [6.45, 7) is 0.135. The summed E-state index contributed by atoms with van der Waals surface area (Å²) in [5.41, 5.74) is 0.700. The van der Waals surface area contributed by atoms with Gasteiger partial charge < -0.3 is 9.47 Å². The van der Waals surface area contributed by atoms with Gasteiger partial charge in [-0.15, -0.1) is 0 Å². The maximum atomic E-state index is 11.4. The lowest BCUT2D eigenvalue weighted by Gasteiger charge is -2.02. The van der Waals surface area contributed by atoms with E-state index in [1.165, 1.54) is 7.11 Å². The molecule has 1 atom stereocenters. The molecule has 1 aromatic rings. The van der Waals surface area contributed by atoms with E-state index in [1.54, 1.807) is 17.8 Å². The zero-order valence-electron chi connectivity index (χ0n) is 10.0. The average molecular weight is 271 g/mol. The number of carbonyl (C=O) groups is 2. The van der Waals surface area contributed by atoms with Crippen molar-refractivity contribution in [2.24, 2.45) is 7.05 Å². The Morgan fingerprint density at radius 2 is 2.33 bits per heavy atom. The molecule has 1 N–H and O–H groups in total. The number of thioether (sulfide) groups is 1. The van der Waals surface area contributed by atoms with Gasteiger partial charge in [-0.05, 0) is 0 Å². The first kappa shape index (κ1) is 12.9. The second-order valence-corrected chi connectivity index (χ2v) is 4.91. The summed E-state index contributed by atoms with van der Waals surface area (Å²) in [5.74, 6) is 0.289. The predicted octanol–water partition coefficient (Wildman–Crippen LogP) is 0.297. The maximum Gasteiger partial charge on any atom is 0.286 e. The Hall–Kier alpha value is -1.54. The number of rotatable bonds is 5. The number of hydrogen-bond acceptors (Lipinski definition) is 6. The van der Waals surface area contributed by atoms with E-state index in [2.05, 4.69) is 10.4 Å². The number of nitrogens with one attached hydrogen (secondary N) is 1. The van der Waals surface area contributed by atoms with Gasteiger partial charge in [-0.1, -0.05) is 11.8 Å². The van der Waals surface area contributed by atoms with Crippen LogP contribution in [0.1, 0.15) is 5.69 Å². The second-order valence-electron chi connectivity index (χ2n) is 3.74. The quantitative estimate of drug-likeness (QED) is 0.775. The summed E-state index contributed by atoms with van der Waals surface area (Å²) >= 11 is 0.987. The standard InChI is InChI=1S/C10H13N3O4S/c1-13-8(17-5-16-2)4-6(12-13)3-7-9(14)11-10(15)18-7/h4,7H,3,5H2,1-2H3,(H,11,14,15). The molecule has 1 aliphatic heterocycles. The number of aryl methyl sites for hydroxylation is 1. The van der Waals surface area contributed by atoms with Crippen molar-refractivity contribution in [1.29, 1.82) is 0 Å². The van der Waals surface area contributed by atoms with Crippen LogP contribution in [0.3, 0.4) is 0 Å². The predicted molar refractivity (Wildman–Crippen MR) is 64.3 cm³/mol. The Kier molecular flexibility index (Phi) is 3.87. The van der Waals surface area contributed by atoms with Gasteiger partial charge in [0, 0.05) is 26.6 Å². The summed E-state index contributed by atoms with van der Waals surface area (Å²) in [7, 11) is 3.27. The molecule has 2 heterocycles. The van der Waals surface area contributed by atoms with Crippen LogP contribution in [0, 0.1) is 0 Å². The van der Waals surface area contributed by atoms with Crippen LogP contribution in [-0.4, -0.2) is 40.1 Å². The summed E-state index contributed by atoms with van der Waals surface area (Å²) in [6.07, 6.45) is 0.395. The molecule has 0 bridgehead atoms. The van der Waals surface area contributed by atoms with Gasteiger partial charge in [0.15, 0.2) is 6.79 Å². The van der Waals surface area contributed by atoms with E-state index in [9.17, 15) is 9.59 Å². The molecule has 1 unspecified atom stereocenters. The summed E-state index contributed by atoms with van der Waals surface area (Å²) < 4.78 is 11.6. The van der Waals surface area contributed by atoms with Crippen molar-refractivity contribution in [2.75, 3.05) is 13.9 Å². The zero-order valence-corrected chi connectivity index (χ0v) is 10.8. The summed E-state index contributed by atoms with van der Waals surface area (Å²) in [6, 6.07) is 1.73. The average Bonchev–Trinajstić information content (AvgIpc) is 2.80. The molecule has 0 aromatic carbocycles.